The maximum Gasteiger partial charge on any atom is 0.161 e. The smallest absolute Gasteiger partial charge is 0.161 e. The Morgan fingerprint density at radius 1 is 1.11 bits per heavy atom. The summed E-state index contributed by atoms with van der Waals surface area (Å²) in [4.78, 5) is 7.19. The summed E-state index contributed by atoms with van der Waals surface area (Å²) in [6.07, 6.45) is 0. The number of nitrogens with two attached hydrogens (primary N) is 1. The van der Waals surface area contributed by atoms with Crippen LogP contribution in [0.1, 0.15) is 5.56 Å². The van der Waals surface area contributed by atoms with Gasteiger partial charge in [0.1, 0.15) is 5.82 Å². The van der Waals surface area contributed by atoms with E-state index in [1.807, 2.05) is 19.1 Å². The Bertz CT molecular complexity index is 739. The van der Waals surface area contributed by atoms with Crippen molar-refractivity contribution in [3.05, 3.63) is 47.5 Å². The lowest BCUT2D eigenvalue weighted by Crippen LogP contribution is -1.90. The fraction of sp³-hybridized carbons (Fsp3) is 0.0714. The normalized spacial score (nSPS) is 11.1. The molecule has 1 aromatic heterocycles. The van der Waals surface area contributed by atoms with Crippen LogP contribution < -0.4 is 5.73 Å². The average Bonchev–Trinajstić information content (AvgIpc) is 2.76. The van der Waals surface area contributed by atoms with Crippen molar-refractivity contribution < 1.29 is 8.78 Å². The van der Waals surface area contributed by atoms with Crippen LogP contribution in [0.4, 0.5) is 14.5 Å². The molecule has 19 heavy (non-hydrogen) atoms. The third-order valence-electron chi connectivity index (χ3n) is 3.08. The summed E-state index contributed by atoms with van der Waals surface area (Å²) in [5, 5.41) is 0. The minimum absolute atomic E-state index is 0.382. The molecule has 0 atom stereocenters. The first-order chi connectivity index (χ1) is 9.04. The van der Waals surface area contributed by atoms with Crippen LogP contribution >= 0.6 is 0 Å². The number of halogens is 2. The van der Waals surface area contributed by atoms with Crippen molar-refractivity contribution in [2.75, 3.05) is 5.73 Å². The number of aryl methyl sites for hydroxylation is 1. The SMILES string of the molecule is Cc1ccc(-c2nc3cc(F)c(F)cc3[nH]2)cc1N. The first-order valence-electron chi connectivity index (χ1n) is 5.76. The monoisotopic (exact) mass is 259 g/mol. The quantitative estimate of drug-likeness (QED) is 0.658. The van der Waals surface area contributed by atoms with Gasteiger partial charge in [-0.3, -0.25) is 0 Å². The van der Waals surface area contributed by atoms with Crippen LogP contribution in [0.5, 0.6) is 0 Å². The number of nitrogens with one attached hydrogen (secondary N) is 1. The van der Waals surface area contributed by atoms with E-state index in [2.05, 4.69) is 9.97 Å². The van der Waals surface area contributed by atoms with E-state index in [0.29, 0.717) is 22.5 Å². The van der Waals surface area contributed by atoms with Crippen LogP contribution in [-0.4, -0.2) is 9.97 Å². The molecule has 0 aliphatic rings. The van der Waals surface area contributed by atoms with E-state index < -0.39 is 11.6 Å². The molecule has 0 aliphatic heterocycles. The lowest BCUT2D eigenvalue weighted by Gasteiger charge is -2.01. The number of anilines is 1. The van der Waals surface area contributed by atoms with Crippen LogP contribution in [0, 0.1) is 18.6 Å². The summed E-state index contributed by atoms with van der Waals surface area (Å²) < 4.78 is 26.3. The van der Waals surface area contributed by atoms with Crippen molar-refractivity contribution >= 4 is 16.7 Å². The Morgan fingerprint density at radius 3 is 2.58 bits per heavy atom. The summed E-state index contributed by atoms with van der Waals surface area (Å²) >= 11 is 0. The van der Waals surface area contributed by atoms with E-state index in [1.165, 1.54) is 0 Å². The first-order valence-corrected chi connectivity index (χ1v) is 5.76. The lowest BCUT2D eigenvalue weighted by atomic mass is 10.1. The van der Waals surface area contributed by atoms with Crippen molar-refractivity contribution in [3.8, 4) is 11.4 Å². The molecule has 3 N–H and O–H groups in total. The summed E-state index contributed by atoms with van der Waals surface area (Å²) in [6, 6.07) is 7.68. The van der Waals surface area contributed by atoms with Crippen molar-refractivity contribution in [2.45, 2.75) is 6.92 Å². The number of nitrogens with zero attached hydrogens (tertiary/aromatic N) is 1. The zero-order valence-electron chi connectivity index (χ0n) is 10.2. The van der Waals surface area contributed by atoms with Gasteiger partial charge in [0.05, 0.1) is 11.0 Å². The maximum atomic E-state index is 13.1. The molecule has 2 aromatic carbocycles. The van der Waals surface area contributed by atoms with Gasteiger partial charge in [0.2, 0.25) is 0 Å². The second kappa shape index (κ2) is 4.05. The third-order valence-corrected chi connectivity index (χ3v) is 3.08. The molecule has 3 aromatic rings. The van der Waals surface area contributed by atoms with Gasteiger partial charge in [-0.1, -0.05) is 12.1 Å². The standard InChI is InChI=1S/C14H11F2N3/c1-7-2-3-8(4-11(7)17)14-18-12-5-9(15)10(16)6-13(12)19-14/h2-6H,17H2,1H3,(H,18,19). The minimum atomic E-state index is -0.908. The molecule has 0 amide bonds. The van der Waals surface area contributed by atoms with Gasteiger partial charge < -0.3 is 10.7 Å². The van der Waals surface area contributed by atoms with Gasteiger partial charge in [-0.2, -0.15) is 0 Å². The highest BCUT2D eigenvalue weighted by Gasteiger charge is 2.10. The zero-order chi connectivity index (χ0) is 13.6. The predicted molar refractivity (Wildman–Crippen MR) is 70.6 cm³/mol. The van der Waals surface area contributed by atoms with Gasteiger partial charge >= 0.3 is 0 Å². The van der Waals surface area contributed by atoms with E-state index in [-0.39, 0.29) is 0 Å². The Labute approximate surface area is 108 Å². The van der Waals surface area contributed by atoms with Gasteiger partial charge in [0.15, 0.2) is 11.6 Å². The van der Waals surface area contributed by atoms with Crippen LogP contribution in [0.2, 0.25) is 0 Å². The molecule has 96 valence electrons. The van der Waals surface area contributed by atoms with Crippen molar-refractivity contribution in [1.29, 1.82) is 0 Å². The predicted octanol–water partition coefficient (Wildman–Crippen LogP) is 3.40. The second-order valence-electron chi connectivity index (χ2n) is 4.44. The lowest BCUT2D eigenvalue weighted by molar-refractivity contribution is 0.510. The molecular formula is C14H11F2N3. The van der Waals surface area contributed by atoms with E-state index >= 15 is 0 Å². The zero-order valence-corrected chi connectivity index (χ0v) is 10.2. The maximum absolute atomic E-state index is 13.1. The van der Waals surface area contributed by atoms with Crippen molar-refractivity contribution in [1.82, 2.24) is 9.97 Å². The molecule has 0 radical (unpaired) electrons. The molecule has 0 spiro atoms. The number of aromatic amines is 1. The number of hydrogen-bond donors (Lipinski definition) is 2. The summed E-state index contributed by atoms with van der Waals surface area (Å²) in [5.74, 6) is -1.27. The van der Waals surface area contributed by atoms with Crippen LogP contribution in [0.15, 0.2) is 30.3 Å². The van der Waals surface area contributed by atoms with E-state index in [0.717, 1.165) is 23.3 Å². The molecule has 3 nitrogen and oxygen atoms in total. The number of rotatable bonds is 1. The second-order valence-corrected chi connectivity index (χ2v) is 4.44. The minimum Gasteiger partial charge on any atom is -0.398 e. The molecule has 0 saturated carbocycles. The average molecular weight is 259 g/mol. The number of fused-ring (bicyclic) bond motifs is 1. The number of nitrogen functional groups attached to an aromatic ring is 1. The molecular weight excluding hydrogens is 248 g/mol. The van der Waals surface area contributed by atoms with Crippen LogP contribution in [0.3, 0.4) is 0 Å². The Hall–Kier alpha value is -2.43. The van der Waals surface area contributed by atoms with Gasteiger partial charge in [-0.15, -0.1) is 0 Å². The molecule has 0 aliphatic carbocycles. The summed E-state index contributed by atoms with van der Waals surface area (Å²) in [5.41, 5.74) is 9.07. The molecule has 1 heterocycles. The van der Waals surface area contributed by atoms with E-state index in [9.17, 15) is 8.78 Å². The number of aromatic nitrogens is 2. The highest BCUT2D eigenvalue weighted by Crippen LogP contribution is 2.25. The van der Waals surface area contributed by atoms with Gasteiger partial charge in [0, 0.05) is 23.4 Å². The fourth-order valence-corrected chi connectivity index (χ4v) is 1.93. The molecule has 5 heteroatoms. The number of H-pyrrole nitrogens is 1. The van der Waals surface area contributed by atoms with Crippen LogP contribution in [-0.2, 0) is 0 Å². The van der Waals surface area contributed by atoms with Crippen molar-refractivity contribution in [3.63, 3.8) is 0 Å². The van der Waals surface area contributed by atoms with Gasteiger partial charge in [-0.05, 0) is 18.6 Å². The fourth-order valence-electron chi connectivity index (χ4n) is 1.93. The Morgan fingerprint density at radius 2 is 1.84 bits per heavy atom. The highest BCUT2D eigenvalue weighted by molar-refractivity contribution is 5.80. The number of hydrogen-bond acceptors (Lipinski definition) is 2. The summed E-state index contributed by atoms with van der Waals surface area (Å²) in [7, 11) is 0. The van der Waals surface area contributed by atoms with E-state index in [4.69, 9.17) is 5.73 Å². The number of imidazole rings is 1. The Kier molecular flexibility index (Phi) is 2.48. The topological polar surface area (TPSA) is 54.7 Å². The largest absolute Gasteiger partial charge is 0.398 e. The summed E-state index contributed by atoms with van der Waals surface area (Å²) in [6.45, 7) is 1.91. The molecule has 0 unspecified atom stereocenters. The third kappa shape index (κ3) is 1.93. The van der Waals surface area contributed by atoms with E-state index in [1.54, 1.807) is 6.07 Å². The first kappa shape index (κ1) is 11.6. The van der Waals surface area contributed by atoms with Gasteiger partial charge in [0.25, 0.3) is 0 Å². The molecule has 0 bridgehead atoms. The van der Waals surface area contributed by atoms with Gasteiger partial charge in [-0.25, -0.2) is 13.8 Å². The molecule has 3 rings (SSSR count). The van der Waals surface area contributed by atoms with Crippen molar-refractivity contribution in [2.24, 2.45) is 0 Å². The molecule has 0 fully saturated rings. The van der Waals surface area contributed by atoms with Crippen LogP contribution in [0.25, 0.3) is 22.4 Å². The molecule has 0 saturated heterocycles. The highest BCUT2D eigenvalue weighted by atomic mass is 19.2. The number of benzene rings is 2. The Balaban J connectivity index is 2.17.